The predicted molar refractivity (Wildman–Crippen MR) is 92.8 cm³/mol. The van der Waals surface area contributed by atoms with E-state index in [2.05, 4.69) is 10.6 Å². The van der Waals surface area contributed by atoms with Crippen LogP contribution in [0, 0.1) is 0 Å². The second kappa shape index (κ2) is 11.5. The molecule has 0 radical (unpaired) electrons. The largest absolute Gasteiger partial charge is 0.497 e. The van der Waals surface area contributed by atoms with Gasteiger partial charge in [0, 0.05) is 32.2 Å². The quantitative estimate of drug-likeness (QED) is 0.478. The van der Waals surface area contributed by atoms with Crippen molar-refractivity contribution in [1.82, 2.24) is 5.32 Å². The van der Waals surface area contributed by atoms with Crippen LogP contribution in [0.2, 0.25) is 0 Å². The SMILES string of the molecule is CCOC(CCCNC(=O)Nc1cc(OC)ccc1OC)OCC. The number of hydrogen-bond donors (Lipinski definition) is 2. The van der Waals surface area contributed by atoms with Crippen molar-refractivity contribution < 1.29 is 23.7 Å². The topological polar surface area (TPSA) is 78.1 Å². The van der Waals surface area contributed by atoms with Crippen LogP contribution >= 0.6 is 0 Å². The van der Waals surface area contributed by atoms with Crippen LogP contribution in [0.15, 0.2) is 18.2 Å². The molecule has 0 heterocycles. The molecule has 0 aliphatic carbocycles. The first kappa shape index (κ1) is 20.1. The van der Waals surface area contributed by atoms with E-state index in [4.69, 9.17) is 18.9 Å². The van der Waals surface area contributed by atoms with E-state index in [-0.39, 0.29) is 12.3 Å². The van der Waals surface area contributed by atoms with Crippen LogP contribution in [0.25, 0.3) is 0 Å². The highest BCUT2D eigenvalue weighted by Gasteiger charge is 2.10. The molecule has 1 aromatic rings. The number of hydrogen-bond acceptors (Lipinski definition) is 5. The maximum Gasteiger partial charge on any atom is 0.319 e. The van der Waals surface area contributed by atoms with Crippen LogP contribution < -0.4 is 20.1 Å². The summed E-state index contributed by atoms with van der Waals surface area (Å²) in [5, 5.41) is 5.56. The molecule has 0 saturated heterocycles. The Morgan fingerprint density at radius 3 is 2.42 bits per heavy atom. The van der Waals surface area contributed by atoms with Crippen molar-refractivity contribution in [2.24, 2.45) is 0 Å². The lowest BCUT2D eigenvalue weighted by molar-refractivity contribution is -0.139. The number of benzene rings is 1. The van der Waals surface area contributed by atoms with Gasteiger partial charge >= 0.3 is 6.03 Å². The first-order chi connectivity index (χ1) is 11.6. The maximum atomic E-state index is 12.0. The van der Waals surface area contributed by atoms with Gasteiger partial charge in [0.25, 0.3) is 0 Å². The lowest BCUT2D eigenvalue weighted by Crippen LogP contribution is -2.30. The van der Waals surface area contributed by atoms with E-state index in [1.54, 1.807) is 32.4 Å². The van der Waals surface area contributed by atoms with Crippen LogP contribution in [-0.2, 0) is 9.47 Å². The molecular weight excluding hydrogens is 312 g/mol. The van der Waals surface area contributed by atoms with Crippen molar-refractivity contribution in [3.63, 3.8) is 0 Å². The van der Waals surface area contributed by atoms with Gasteiger partial charge in [-0.05, 0) is 32.4 Å². The van der Waals surface area contributed by atoms with E-state index >= 15 is 0 Å². The number of carbonyl (C=O) groups excluding carboxylic acids is 1. The summed E-state index contributed by atoms with van der Waals surface area (Å²) in [4.78, 5) is 12.0. The minimum absolute atomic E-state index is 0.219. The van der Waals surface area contributed by atoms with E-state index in [0.29, 0.717) is 36.9 Å². The molecular formula is C17H28N2O5. The molecule has 0 unspecified atom stereocenters. The van der Waals surface area contributed by atoms with Crippen LogP contribution in [0.5, 0.6) is 11.5 Å². The molecule has 0 fully saturated rings. The Kier molecular flexibility index (Phi) is 9.64. The van der Waals surface area contributed by atoms with Crippen LogP contribution in [0.1, 0.15) is 26.7 Å². The molecule has 7 nitrogen and oxygen atoms in total. The molecule has 0 aromatic heterocycles. The van der Waals surface area contributed by atoms with Gasteiger partial charge in [0.2, 0.25) is 0 Å². The first-order valence-corrected chi connectivity index (χ1v) is 8.14. The van der Waals surface area contributed by atoms with Gasteiger partial charge in [-0.1, -0.05) is 0 Å². The summed E-state index contributed by atoms with van der Waals surface area (Å²) in [7, 11) is 3.12. The highest BCUT2D eigenvalue weighted by atomic mass is 16.7. The fourth-order valence-corrected chi connectivity index (χ4v) is 2.14. The molecule has 0 saturated carbocycles. The van der Waals surface area contributed by atoms with Crippen molar-refractivity contribution in [1.29, 1.82) is 0 Å². The molecule has 7 heteroatoms. The molecule has 136 valence electrons. The van der Waals surface area contributed by atoms with Crippen molar-refractivity contribution in [2.75, 3.05) is 39.3 Å². The van der Waals surface area contributed by atoms with Gasteiger partial charge in [-0.25, -0.2) is 4.79 Å². The van der Waals surface area contributed by atoms with E-state index in [1.807, 2.05) is 13.8 Å². The number of methoxy groups -OCH3 is 2. The summed E-state index contributed by atoms with van der Waals surface area (Å²) in [5.41, 5.74) is 0.552. The zero-order chi connectivity index (χ0) is 17.8. The van der Waals surface area contributed by atoms with Gasteiger partial charge in [-0.3, -0.25) is 0 Å². The molecule has 24 heavy (non-hydrogen) atoms. The molecule has 0 aliphatic heterocycles. The Balaban J connectivity index is 2.41. The van der Waals surface area contributed by atoms with Crippen LogP contribution in [-0.4, -0.2) is 46.3 Å². The number of rotatable bonds is 11. The van der Waals surface area contributed by atoms with Crippen LogP contribution in [0.3, 0.4) is 0 Å². The molecule has 2 amide bonds. The number of carbonyl (C=O) groups is 1. The molecule has 0 aliphatic rings. The van der Waals surface area contributed by atoms with Gasteiger partial charge in [-0.2, -0.15) is 0 Å². The zero-order valence-corrected chi connectivity index (χ0v) is 14.9. The van der Waals surface area contributed by atoms with E-state index in [9.17, 15) is 4.79 Å². The van der Waals surface area contributed by atoms with E-state index in [1.165, 1.54) is 0 Å². The van der Waals surface area contributed by atoms with Gasteiger partial charge in [-0.15, -0.1) is 0 Å². The summed E-state index contributed by atoms with van der Waals surface area (Å²) in [6.07, 6.45) is 1.26. The van der Waals surface area contributed by atoms with E-state index < -0.39 is 0 Å². The number of anilines is 1. The normalized spacial score (nSPS) is 10.5. The number of ether oxygens (including phenoxy) is 4. The van der Waals surface area contributed by atoms with Crippen LogP contribution in [0.4, 0.5) is 10.5 Å². The summed E-state index contributed by atoms with van der Waals surface area (Å²) in [5.74, 6) is 1.21. The lowest BCUT2D eigenvalue weighted by Gasteiger charge is -2.17. The fourth-order valence-electron chi connectivity index (χ4n) is 2.14. The molecule has 0 atom stereocenters. The Hall–Kier alpha value is -1.99. The van der Waals surface area contributed by atoms with Crippen molar-refractivity contribution in [3.05, 3.63) is 18.2 Å². The third-order valence-electron chi connectivity index (χ3n) is 3.26. The standard InChI is InChI=1S/C17H28N2O5/c1-5-23-16(24-6-2)8-7-11-18-17(20)19-14-12-13(21-3)9-10-15(14)22-4/h9-10,12,16H,5-8,11H2,1-4H3,(H2,18,19,20). The number of urea groups is 1. The first-order valence-electron chi connectivity index (χ1n) is 8.14. The molecule has 0 spiro atoms. The average Bonchev–Trinajstić information content (AvgIpc) is 2.59. The Labute approximate surface area is 143 Å². The fraction of sp³-hybridized carbons (Fsp3) is 0.588. The maximum absolute atomic E-state index is 12.0. The van der Waals surface area contributed by atoms with Gasteiger partial charge < -0.3 is 29.6 Å². The summed E-state index contributed by atoms with van der Waals surface area (Å²) in [6, 6.07) is 4.91. The molecule has 1 aromatic carbocycles. The lowest BCUT2D eigenvalue weighted by atomic mass is 10.2. The molecule has 2 N–H and O–H groups in total. The summed E-state index contributed by atoms with van der Waals surface area (Å²) < 4.78 is 21.3. The van der Waals surface area contributed by atoms with Gasteiger partial charge in [0.05, 0.1) is 19.9 Å². The number of amides is 2. The average molecular weight is 340 g/mol. The number of nitrogens with one attached hydrogen (secondary N) is 2. The predicted octanol–water partition coefficient (Wildman–Crippen LogP) is 3.00. The molecule has 1 rings (SSSR count). The Bertz CT molecular complexity index is 490. The highest BCUT2D eigenvalue weighted by Crippen LogP contribution is 2.28. The van der Waals surface area contributed by atoms with Gasteiger partial charge in [0.15, 0.2) is 6.29 Å². The van der Waals surface area contributed by atoms with E-state index in [0.717, 1.165) is 12.8 Å². The zero-order valence-electron chi connectivity index (χ0n) is 14.9. The minimum atomic E-state index is -0.300. The molecule has 0 bridgehead atoms. The Morgan fingerprint density at radius 1 is 1.12 bits per heavy atom. The Morgan fingerprint density at radius 2 is 1.83 bits per heavy atom. The smallest absolute Gasteiger partial charge is 0.319 e. The summed E-state index contributed by atoms with van der Waals surface area (Å²) >= 11 is 0. The second-order valence-corrected chi connectivity index (χ2v) is 4.93. The third kappa shape index (κ3) is 7.06. The van der Waals surface area contributed by atoms with Crippen molar-refractivity contribution in [2.45, 2.75) is 33.0 Å². The minimum Gasteiger partial charge on any atom is -0.497 e. The van der Waals surface area contributed by atoms with Crippen molar-refractivity contribution >= 4 is 11.7 Å². The van der Waals surface area contributed by atoms with Crippen molar-refractivity contribution in [3.8, 4) is 11.5 Å². The third-order valence-corrected chi connectivity index (χ3v) is 3.26. The monoisotopic (exact) mass is 340 g/mol. The summed E-state index contributed by atoms with van der Waals surface area (Å²) in [6.45, 7) is 5.59. The second-order valence-electron chi connectivity index (χ2n) is 4.93. The highest BCUT2D eigenvalue weighted by molar-refractivity contribution is 5.91. The van der Waals surface area contributed by atoms with Gasteiger partial charge in [0.1, 0.15) is 11.5 Å².